The van der Waals surface area contributed by atoms with Crippen molar-refractivity contribution < 1.29 is 28.6 Å². The van der Waals surface area contributed by atoms with Crippen molar-refractivity contribution in [2.24, 2.45) is 0 Å². The first-order chi connectivity index (χ1) is 9.60. The van der Waals surface area contributed by atoms with E-state index in [1.807, 2.05) is 0 Å². The lowest BCUT2D eigenvalue weighted by atomic mass is 10.1. The van der Waals surface area contributed by atoms with Gasteiger partial charge in [0.1, 0.15) is 11.4 Å². The Morgan fingerprint density at radius 3 is 2.15 bits per heavy atom. The fraction of sp³-hybridized carbons (Fsp3) is 0.231. The highest BCUT2D eigenvalue weighted by atomic mass is 16.5. The van der Waals surface area contributed by atoms with Crippen LogP contribution in [0.5, 0.6) is 17.2 Å². The third-order valence-corrected chi connectivity index (χ3v) is 2.70. The van der Waals surface area contributed by atoms with Crippen molar-refractivity contribution in [1.29, 1.82) is 0 Å². The van der Waals surface area contributed by atoms with Gasteiger partial charge in [-0.1, -0.05) is 5.16 Å². The van der Waals surface area contributed by atoms with Crippen molar-refractivity contribution in [3.8, 4) is 28.5 Å². The summed E-state index contributed by atoms with van der Waals surface area (Å²) in [5.41, 5.74) is 0.876. The number of hydrogen-bond donors (Lipinski definition) is 1. The Morgan fingerprint density at radius 1 is 1.05 bits per heavy atom. The standard InChI is InChI=1S/C13H13NO6/c1-17-9-6-11(19-3)10(18-2)4-7(9)8-5-12(13(15)16)20-14-8/h4-6H,1-3H3,(H,15,16). The van der Waals surface area contributed by atoms with E-state index in [2.05, 4.69) is 5.16 Å². The van der Waals surface area contributed by atoms with Crippen molar-refractivity contribution in [3.05, 3.63) is 24.0 Å². The summed E-state index contributed by atoms with van der Waals surface area (Å²) in [7, 11) is 4.50. The second-order valence-corrected chi connectivity index (χ2v) is 3.79. The minimum Gasteiger partial charge on any atom is -0.496 e. The molecule has 0 aliphatic carbocycles. The zero-order valence-electron chi connectivity index (χ0n) is 11.2. The van der Waals surface area contributed by atoms with Crippen LogP contribution in [-0.2, 0) is 0 Å². The first kappa shape index (κ1) is 13.7. The van der Waals surface area contributed by atoms with Crippen LogP contribution in [0, 0.1) is 0 Å². The van der Waals surface area contributed by atoms with E-state index in [1.54, 1.807) is 12.1 Å². The molecule has 0 saturated carbocycles. The zero-order valence-corrected chi connectivity index (χ0v) is 11.2. The molecule has 7 heteroatoms. The highest BCUT2D eigenvalue weighted by Gasteiger charge is 2.18. The minimum absolute atomic E-state index is 0.253. The molecule has 0 atom stereocenters. The lowest BCUT2D eigenvalue weighted by Gasteiger charge is -2.12. The molecule has 1 aromatic carbocycles. The molecule has 0 aliphatic rings. The first-order valence-corrected chi connectivity index (χ1v) is 5.61. The summed E-state index contributed by atoms with van der Waals surface area (Å²) in [5, 5.41) is 12.6. The van der Waals surface area contributed by atoms with Crippen LogP contribution in [0.3, 0.4) is 0 Å². The highest BCUT2D eigenvalue weighted by molar-refractivity contribution is 5.86. The second kappa shape index (κ2) is 5.52. The average molecular weight is 279 g/mol. The second-order valence-electron chi connectivity index (χ2n) is 3.79. The zero-order chi connectivity index (χ0) is 14.7. The number of rotatable bonds is 5. The molecule has 0 bridgehead atoms. The smallest absolute Gasteiger partial charge is 0.374 e. The maximum atomic E-state index is 10.8. The van der Waals surface area contributed by atoms with Crippen molar-refractivity contribution in [3.63, 3.8) is 0 Å². The third-order valence-electron chi connectivity index (χ3n) is 2.70. The highest BCUT2D eigenvalue weighted by Crippen LogP contribution is 2.39. The van der Waals surface area contributed by atoms with E-state index >= 15 is 0 Å². The number of carbonyl (C=O) groups is 1. The van der Waals surface area contributed by atoms with Gasteiger partial charge in [-0.15, -0.1) is 0 Å². The van der Waals surface area contributed by atoms with Gasteiger partial charge in [0, 0.05) is 17.7 Å². The van der Waals surface area contributed by atoms with Crippen LogP contribution in [0.15, 0.2) is 22.7 Å². The quantitative estimate of drug-likeness (QED) is 0.895. The fourth-order valence-electron chi connectivity index (χ4n) is 1.73. The SMILES string of the molecule is COc1cc(OC)c(-c2cc(C(=O)O)on2)cc1OC. The number of carboxylic acid groups (broad SMARTS) is 1. The molecule has 0 fully saturated rings. The predicted octanol–water partition coefficient (Wildman–Crippen LogP) is 2.07. The number of nitrogens with zero attached hydrogens (tertiary/aromatic N) is 1. The van der Waals surface area contributed by atoms with Gasteiger partial charge in [0.2, 0.25) is 5.76 Å². The van der Waals surface area contributed by atoms with Crippen LogP contribution in [0.4, 0.5) is 0 Å². The first-order valence-electron chi connectivity index (χ1n) is 5.61. The molecule has 0 spiro atoms. The molecule has 1 aromatic heterocycles. The van der Waals surface area contributed by atoms with Gasteiger partial charge in [-0.25, -0.2) is 4.79 Å². The molecule has 0 aliphatic heterocycles. The van der Waals surface area contributed by atoms with Crippen molar-refractivity contribution in [2.45, 2.75) is 0 Å². The fourth-order valence-corrected chi connectivity index (χ4v) is 1.73. The summed E-state index contributed by atoms with van der Waals surface area (Å²) in [6.07, 6.45) is 0. The molecule has 0 radical (unpaired) electrons. The molecule has 106 valence electrons. The molecule has 0 saturated heterocycles. The van der Waals surface area contributed by atoms with Gasteiger partial charge < -0.3 is 23.8 Å². The maximum Gasteiger partial charge on any atom is 0.374 e. The Balaban J connectivity index is 2.56. The van der Waals surface area contributed by atoms with Crippen LogP contribution in [0.2, 0.25) is 0 Å². The Bertz CT molecular complexity index is 634. The normalized spacial score (nSPS) is 10.2. The molecular formula is C13H13NO6. The molecule has 20 heavy (non-hydrogen) atoms. The summed E-state index contributed by atoms with van der Waals surface area (Å²) in [5.74, 6) is -0.00820. The van der Waals surface area contributed by atoms with Crippen LogP contribution in [0.1, 0.15) is 10.6 Å². The van der Waals surface area contributed by atoms with E-state index in [0.717, 1.165) is 0 Å². The van der Waals surface area contributed by atoms with Crippen molar-refractivity contribution in [2.75, 3.05) is 21.3 Å². The molecule has 1 heterocycles. The van der Waals surface area contributed by atoms with E-state index in [0.29, 0.717) is 28.5 Å². The van der Waals surface area contributed by atoms with Gasteiger partial charge in [0.05, 0.1) is 21.3 Å². The Morgan fingerprint density at radius 2 is 1.65 bits per heavy atom. The monoisotopic (exact) mass is 279 g/mol. The van der Waals surface area contributed by atoms with Crippen LogP contribution in [0.25, 0.3) is 11.3 Å². The van der Waals surface area contributed by atoms with Crippen LogP contribution < -0.4 is 14.2 Å². The minimum atomic E-state index is -1.19. The number of aromatic nitrogens is 1. The van der Waals surface area contributed by atoms with E-state index in [1.165, 1.54) is 27.4 Å². The lowest BCUT2D eigenvalue weighted by Crippen LogP contribution is -1.95. The van der Waals surface area contributed by atoms with Crippen molar-refractivity contribution in [1.82, 2.24) is 5.16 Å². The maximum absolute atomic E-state index is 10.8. The van der Waals surface area contributed by atoms with Crippen LogP contribution in [-0.4, -0.2) is 37.6 Å². The molecule has 2 aromatic rings. The van der Waals surface area contributed by atoms with Gasteiger partial charge in [-0.3, -0.25) is 0 Å². The van der Waals surface area contributed by atoms with Gasteiger partial charge in [-0.2, -0.15) is 0 Å². The number of hydrogen-bond acceptors (Lipinski definition) is 6. The number of ether oxygens (including phenoxy) is 3. The van der Waals surface area contributed by atoms with Gasteiger partial charge >= 0.3 is 5.97 Å². The number of methoxy groups -OCH3 is 3. The van der Waals surface area contributed by atoms with Gasteiger partial charge in [0.15, 0.2) is 11.5 Å². The summed E-state index contributed by atoms with van der Waals surface area (Å²) < 4.78 is 20.3. The van der Waals surface area contributed by atoms with E-state index in [4.69, 9.17) is 23.8 Å². The van der Waals surface area contributed by atoms with E-state index in [9.17, 15) is 4.79 Å². The van der Waals surface area contributed by atoms with Gasteiger partial charge in [-0.05, 0) is 6.07 Å². The summed E-state index contributed by atoms with van der Waals surface area (Å²) in [6.45, 7) is 0. The number of carboxylic acids is 1. The van der Waals surface area contributed by atoms with Crippen LogP contribution >= 0.6 is 0 Å². The largest absolute Gasteiger partial charge is 0.496 e. The Hall–Kier alpha value is -2.70. The number of benzene rings is 1. The van der Waals surface area contributed by atoms with Gasteiger partial charge in [0.25, 0.3) is 0 Å². The summed E-state index contributed by atoms with van der Waals surface area (Å²) in [4.78, 5) is 10.8. The Kier molecular flexibility index (Phi) is 3.79. The lowest BCUT2D eigenvalue weighted by molar-refractivity contribution is 0.0652. The summed E-state index contributed by atoms with van der Waals surface area (Å²) >= 11 is 0. The average Bonchev–Trinajstić information content (AvgIpc) is 2.95. The summed E-state index contributed by atoms with van der Waals surface area (Å²) in [6, 6.07) is 4.58. The third kappa shape index (κ3) is 2.37. The Labute approximate surface area is 114 Å². The molecular weight excluding hydrogens is 266 g/mol. The molecule has 0 unspecified atom stereocenters. The van der Waals surface area contributed by atoms with E-state index in [-0.39, 0.29) is 5.76 Å². The molecule has 7 nitrogen and oxygen atoms in total. The number of aromatic carboxylic acids is 1. The van der Waals surface area contributed by atoms with E-state index < -0.39 is 5.97 Å². The predicted molar refractivity (Wildman–Crippen MR) is 68.6 cm³/mol. The van der Waals surface area contributed by atoms with Crippen molar-refractivity contribution >= 4 is 5.97 Å². The molecule has 1 N–H and O–H groups in total. The topological polar surface area (TPSA) is 91.0 Å². The molecule has 0 amide bonds. The molecule has 2 rings (SSSR count).